The van der Waals surface area contributed by atoms with Crippen molar-refractivity contribution < 1.29 is 109 Å². The van der Waals surface area contributed by atoms with Crippen molar-refractivity contribution in [3.05, 3.63) is 0 Å². The van der Waals surface area contributed by atoms with Gasteiger partial charge in [0.25, 0.3) is 0 Å². The number of ether oxygens (including phenoxy) is 8. The Morgan fingerprint density at radius 3 is 1.92 bits per heavy atom. The van der Waals surface area contributed by atoms with E-state index in [0.717, 1.165) is 0 Å². The topological polar surface area (TPSA) is 354 Å². The lowest BCUT2D eigenvalue weighted by atomic mass is 9.72. The Bertz CT molecular complexity index is 1410. The maximum absolute atomic E-state index is 12.7. The van der Waals surface area contributed by atoms with Gasteiger partial charge in [-0.25, -0.2) is 0 Å². The van der Waals surface area contributed by atoms with E-state index < -0.39 is 178 Å². The molecular weight excluding hydrogens is 820 g/mol. The summed E-state index contributed by atoms with van der Waals surface area (Å²) in [5.74, 6) is -1.98. The summed E-state index contributed by atoms with van der Waals surface area (Å²) >= 11 is 0. The minimum absolute atomic E-state index is 0.0763. The van der Waals surface area contributed by atoms with Crippen LogP contribution in [0, 0.1) is 17.8 Å². The normalized spacial score (nSPS) is 52.2. The highest BCUT2D eigenvalue weighted by molar-refractivity contribution is 5.72. The summed E-state index contributed by atoms with van der Waals surface area (Å²) in [7, 11) is 0. The summed E-state index contributed by atoms with van der Waals surface area (Å²) in [6.07, 6.45) is -27.5. The van der Waals surface area contributed by atoms with Crippen molar-refractivity contribution in [2.24, 2.45) is 17.8 Å². The Morgan fingerprint density at radius 1 is 0.525 bits per heavy atom. The van der Waals surface area contributed by atoms with Gasteiger partial charge in [-0.2, -0.15) is 0 Å². The summed E-state index contributed by atoms with van der Waals surface area (Å²) in [5.41, 5.74) is 0. The molecule has 0 radical (unpaired) electrons. The Labute approximate surface area is 351 Å². The fourth-order valence-electron chi connectivity index (χ4n) is 9.90. The van der Waals surface area contributed by atoms with Crippen molar-refractivity contribution in [2.75, 3.05) is 19.8 Å². The van der Waals surface area contributed by atoms with Crippen molar-refractivity contribution in [3.8, 4) is 0 Å². The average Bonchev–Trinajstić information content (AvgIpc) is 3.23. The second-order valence-electron chi connectivity index (χ2n) is 18.0. The molecule has 22 nitrogen and oxygen atoms in total. The fraction of sp³-hybridized carbons (Fsp3) is 0.974. The van der Waals surface area contributed by atoms with E-state index in [2.05, 4.69) is 0 Å². The van der Waals surface area contributed by atoms with Gasteiger partial charge in [-0.1, -0.05) is 0 Å². The highest BCUT2D eigenvalue weighted by Crippen LogP contribution is 2.44. The lowest BCUT2D eigenvalue weighted by Crippen LogP contribution is -2.65. The number of esters is 1. The van der Waals surface area contributed by atoms with Gasteiger partial charge in [0, 0.05) is 5.92 Å². The van der Waals surface area contributed by atoms with Gasteiger partial charge in [-0.15, -0.1) is 0 Å². The smallest absolute Gasteiger partial charge is 0.309 e. The summed E-state index contributed by atoms with van der Waals surface area (Å²) in [5, 5.41) is 138. The maximum atomic E-state index is 12.7. The molecule has 4 aliphatic heterocycles. The average molecular weight is 885 g/mol. The third kappa shape index (κ3) is 10.7. The number of aliphatic hydroxyl groups excluding tert-OH is 13. The lowest BCUT2D eigenvalue weighted by molar-refractivity contribution is -0.376. The van der Waals surface area contributed by atoms with Gasteiger partial charge in [0.1, 0.15) is 73.8 Å². The summed E-state index contributed by atoms with van der Waals surface area (Å²) in [6.45, 7) is -1.64. The number of hydrogen-bond acceptors (Lipinski definition) is 22. The van der Waals surface area contributed by atoms with E-state index in [0.29, 0.717) is 32.1 Å². The molecule has 7 aliphatic rings. The maximum Gasteiger partial charge on any atom is 0.309 e. The Morgan fingerprint density at radius 2 is 1.20 bits per heavy atom. The lowest BCUT2D eigenvalue weighted by Gasteiger charge is -2.51. The molecule has 0 aromatic heterocycles. The van der Waals surface area contributed by atoms with Gasteiger partial charge in [0.05, 0.1) is 68.0 Å². The van der Waals surface area contributed by atoms with Gasteiger partial charge in [0.15, 0.2) is 18.9 Å². The largest absolute Gasteiger partial charge is 0.463 e. The van der Waals surface area contributed by atoms with Gasteiger partial charge < -0.3 is 104 Å². The molecule has 23 atom stereocenters. The van der Waals surface area contributed by atoms with Gasteiger partial charge >= 0.3 is 5.97 Å². The van der Waals surface area contributed by atoms with Gasteiger partial charge in [-0.3, -0.25) is 4.79 Å². The molecule has 61 heavy (non-hydrogen) atoms. The van der Waals surface area contributed by atoms with E-state index in [9.17, 15) is 71.2 Å². The zero-order valence-corrected chi connectivity index (χ0v) is 33.6. The number of fused-ring (bicyclic) bond motifs is 1. The highest BCUT2D eigenvalue weighted by atomic mass is 16.8. The zero-order valence-electron chi connectivity index (χ0n) is 33.6. The molecule has 13 N–H and O–H groups in total. The number of aliphatic hydroxyl groups is 13. The van der Waals surface area contributed by atoms with Crippen LogP contribution in [-0.4, -0.2) is 227 Å². The molecule has 3 saturated carbocycles. The first-order valence-electron chi connectivity index (χ1n) is 21.5. The van der Waals surface area contributed by atoms with E-state index >= 15 is 0 Å². The quantitative estimate of drug-likeness (QED) is 0.0860. The monoisotopic (exact) mass is 884 g/mol. The van der Waals surface area contributed by atoms with Crippen molar-refractivity contribution in [3.63, 3.8) is 0 Å². The van der Waals surface area contributed by atoms with E-state index in [1.54, 1.807) is 0 Å². The number of rotatable bonds is 11. The molecule has 0 spiro atoms. The minimum Gasteiger partial charge on any atom is -0.463 e. The molecule has 0 aromatic rings. The van der Waals surface area contributed by atoms with Crippen LogP contribution in [0.1, 0.15) is 64.2 Å². The van der Waals surface area contributed by atoms with Crippen molar-refractivity contribution in [2.45, 2.75) is 199 Å². The van der Waals surface area contributed by atoms with Crippen molar-refractivity contribution in [1.29, 1.82) is 0 Å². The Hall–Kier alpha value is -1.33. The highest BCUT2D eigenvalue weighted by Gasteiger charge is 2.55. The summed E-state index contributed by atoms with van der Waals surface area (Å²) in [6, 6.07) is 0. The molecule has 0 bridgehead atoms. The van der Waals surface area contributed by atoms with E-state index in [4.69, 9.17) is 37.9 Å². The zero-order chi connectivity index (χ0) is 43.9. The molecule has 22 heteroatoms. The van der Waals surface area contributed by atoms with E-state index in [1.165, 1.54) is 0 Å². The second kappa shape index (κ2) is 20.5. The van der Waals surface area contributed by atoms with Crippen LogP contribution in [0.5, 0.6) is 0 Å². The van der Waals surface area contributed by atoms with Crippen LogP contribution in [0.4, 0.5) is 0 Å². The Balaban J connectivity index is 1.08. The first-order chi connectivity index (χ1) is 29.0. The molecule has 9 unspecified atom stereocenters. The molecule has 7 fully saturated rings. The van der Waals surface area contributed by atoms with Crippen LogP contribution in [0.3, 0.4) is 0 Å². The Kier molecular flexibility index (Phi) is 16.0. The molecule has 4 heterocycles. The third-order valence-electron chi connectivity index (χ3n) is 13.7. The van der Waals surface area contributed by atoms with E-state index in [1.807, 2.05) is 0 Å². The van der Waals surface area contributed by atoms with Crippen molar-refractivity contribution >= 4 is 5.97 Å². The molecule has 4 saturated heterocycles. The molecule has 7 rings (SSSR count). The van der Waals surface area contributed by atoms with Crippen LogP contribution in [-0.2, 0) is 42.7 Å². The third-order valence-corrected chi connectivity index (χ3v) is 13.7. The number of hydrogen-bond donors (Lipinski definition) is 13. The number of carbonyl (C=O) groups excluding carboxylic acids is 1. The summed E-state index contributed by atoms with van der Waals surface area (Å²) < 4.78 is 47.5. The second-order valence-corrected chi connectivity index (χ2v) is 18.0. The molecule has 0 amide bonds. The number of carbonyl (C=O) groups is 1. The van der Waals surface area contributed by atoms with Crippen LogP contribution >= 0.6 is 0 Å². The van der Waals surface area contributed by atoms with Crippen LogP contribution in [0.25, 0.3) is 0 Å². The predicted octanol–water partition coefficient (Wildman–Crippen LogP) is -5.63. The summed E-state index contributed by atoms with van der Waals surface area (Å²) in [4.78, 5) is 12.7. The van der Waals surface area contributed by atoms with Crippen LogP contribution in [0.2, 0.25) is 0 Å². The first kappa shape index (κ1) is 47.6. The van der Waals surface area contributed by atoms with Gasteiger partial charge in [-0.05, 0) is 70.1 Å². The fourth-order valence-corrected chi connectivity index (χ4v) is 9.90. The standard InChI is InChI=1S/C39H64O22/c40-16-4-1-14(2-5-16)36(53)54-12-25-28(47)30(49)33(52)37(59-25)56-13-26-29(48)31(50)35(61-38-32(51)27(46)22(45)11-55-38)39(60-26)58-24-10-18-20(43)8-17(41)9-23(18)57-34(24)15-3-6-19(42)21(44)7-15/h14-35,37-52H,1-13H2/t14?,15?,16?,17?,18?,19?,20?,21?,22-,23?,24?,25-,26+,27+,28-,29-,30+,31-,32-,33-,34?,35+,37-,38+,39+/m1/s1. The molecular formula is C39H64O22. The minimum atomic E-state index is -1.90. The molecule has 3 aliphatic carbocycles. The molecule has 0 aromatic carbocycles. The van der Waals surface area contributed by atoms with E-state index in [-0.39, 0.29) is 32.1 Å². The van der Waals surface area contributed by atoms with Crippen LogP contribution in [0.15, 0.2) is 0 Å². The van der Waals surface area contributed by atoms with Crippen LogP contribution < -0.4 is 0 Å². The molecule has 352 valence electrons. The predicted molar refractivity (Wildman–Crippen MR) is 197 cm³/mol. The SMILES string of the molecule is O=C(OC[C@H]1O[C@@H](OC[C@@H]2O[C@H](OC3CC4C(O)CC(O)CC4OC3C3CCC(O)C(O)C3)[C@@H](O[C@@H]3OC[C@@H](O)[C@H](O)[C@H]3O)[C@H](O)[C@@H]2O)[C@H](O)[C@@H](O)[C@@H]1O)C1CCC(O)CC1. The van der Waals surface area contributed by atoms with Crippen molar-refractivity contribution in [1.82, 2.24) is 0 Å². The first-order valence-corrected chi connectivity index (χ1v) is 21.5. The van der Waals surface area contributed by atoms with Gasteiger partial charge in [0.2, 0.25) is 0 Å².